The van der Waals surface area contributed by atoms with Crippen molar-refractivity contribution in [3.05, 3.63) is 51.5 Å². The van der Waals surface area contributed by atoms with Crippen molar-refractivity contribution >= 4 is 45.0 Å². The summed E-state index contributed by atoms with van der Waals surface area (Å²) in [6.07, 6.45) is 3.50. The number of hydrogen-bond acceptors (Lipinski definition) is 4. The molecule has 2 amide bonds. The second-order valence-electron chi connectivity index (χ2n) is 8.38. The molecule has 6 nitrogen and oxygen atoms in total. The van der Waals surface area contributed by atoms with Crippen LogP contribution in [0, 0.1) is 12.8 Å². The predicted molar refractivity (Wildman–Crippen MR) is 129 cm³/mol. The number of nitrogens with zero attached hydrogens (tertiary/aromatic N) is 3. The summed E-state index contributed by atoms with van der Waals surface area (Å²) in [5, 5.41) is 9.40. The number of aromatic nitrogens is 2. The minimum absolute atomic E-state index is 0.00439. The quantitative estimate of drug-likeness (QED) is 0.498. The number of likely N-dealkylation sites (tertiary alicyclic amines) is 1. The van der Waals surface area contributed by atoms with Gasteiger partial charge in [0.2, 0.25) is 5.91 Å². The van der Waals surface area contributed by atoms with Gasteiger partial charge in [-0.3, -0.25) is 14.3 Å². The molecule has 4 rings (SSSR count). The van der Waals surface area contributed by atoms with Crippen LogP contribution < -0.4 is 5.32 Å². The number of hydrogen-bond donors (Lipinski definition) is 1. The van der Waals surface area contributed by atoms with E-state index in [2.05, 4.69) is 17.3 Å². The summed E-state index contributed by atoms with van der Waals surface area (Å²) in [7, 11) is 0. The van der Waals surface area contributed by atoms with E-state index in [1.807, 2.05) is 46.8 Å². The first kappa shape index (κ1) is 22.8. The number of piperidine rings is 1. The highest BCUT2D eigenvalue weighted by atomic mass is 35.5. The summed E-state index contributed by atoms with van der Waals surface area (Å²) in [6.45, 7) is 6.61. The van der Waals surface area contributed by atoms with E-state index >= 15 is 0 Å². The fourth-order valence-electron chi connectivity index (χ4n) is 4.15. The van der Waals surface area contributed by atoms with E-state index in [9.17, 15) is 9.59 Å². The molecule has 1 aromatic carbocycles. The van der Waals surface area contributed by atoms with Crippen LogP contribution in [0.15, 0.2) is 30.3 Å². The maximum atomic E-state index is 13.2. The van der Waals surface area contributed by atoms with E-state index in [-0.39, 0.29) is 17.7 Å². The largest absolute Gasteiger partial charge is 0.356 e. The van der Waals surface area contributed by atoms with Gasteiger partial charge in [-0.2, -0.15) is 5.10 Å². The molecule has 1 aliphatic rings. The molecule has 3 aromatic rings. The molecule has 0 atom stereocenters. The molecule has 8 heteroatoms. The number of halogens is 1. The summed E-state index contributed by atoms with van der Waals surface area (Å²) < 4.78 is 1.93. The zero-order valence-corrected chi connectivity index (χ0v) is 20.1. The molecule has 0 spiro atoms. The van der Waals surface area contributed by atoms with Crippen LogP contribution in [0.5, 0.6) is 0 Å². The monoisotopic (exact) mass is 472 g/mol. The third-order valence-corrected chi connectivity index (χ3v) is 7.58. The molecule has 170 valence electrons. The van der Waals surface area contributed by atoms with Gasteiger partial charge in [-0.15, -0.1) is 11.3 Å². The topological polar surface area (TPSA) is 67.2 Å². The molecule has 32 heavy (non-hydrogen) atoms. The number of fused-ring (bicyclic) bond motifs is 1. The zero-order chi connectivity index (χ0) is 22.7. The van der Waals surface area contributed by atoms with Crippen molar-refractivity contribution in [2.24, 2.45) is 5.92 Å². The van der Waals surface area contributed by atoms with Crippen molar-refractivity contribution in [1.82, 2.24) is 20.0 Å². The minimum Gasteiger partial charge on any atom is -0.356 e. The molecule has 0 saturated carbocycles. The molecular weight excluding hydrogens is 444 g/mol. The standard InChI is InChI=1S/C24H29ClN4O2S/c1-3-4-11-26-22(30)17-9-12-28(13-10-17)23(31)21-14-19-16(2)27-29(24(19)32-21)15-18-7-5-6-8-20(18)25/h5-8,14,17H,3-4,9-13,15H2,1-2H3,(H,26,30). The second kappa shape index (κ2) is 10.0. The highest BCUT2D eigenvalue weighted by Gasteiger charge is 2.29. The maximum Gasteiger partial charge on any atom is 0.264 e. The number of carbonyl (C=O) groups is 2. The Morgan fingerprint density at radius 3 is 2.72 bits per heavy atom. The van der Waals surface area contributed by atoms with E-state index in [0.29, 0.717) is 37.5 Å². The molecule has 0 radical (unpaired) electrons. The lowest BCUT2D eigenvalue weighted by molar-refractivity contribution is -0.126. The SMILES string of the molecule is CCCCNC(=O)C1CCN(C(=O)c2cc3c(C)nn(Cc4ccccc4Cl)c3s2)CC1. The number of rotatable bonds is 7. The number of benzene rings is 1. The number of unbranched alkanes of at least 4 members (excludes halogenated alkanes) is 1. The van der Waals surface area contributed by atoms with Crippen molar-refractivity contribution in [2.45, 2.75) is 46.1 Å². The average Bonchev–Trinajstić information content (AvgIpc) is 3.36. The first-order chi connectivity index (χ1) is 15.5. The zero-order valence-electron chi connectivity index (χ0n) is 18.6. The Bertz CT molecular complexity index is 1110. The molecule has 0 unspecified atom stereocenters. The van der Waals surface area contributed by atoms with E-state index in [0.717, 1.165) is 45.7 Å². The van der Waals surface area contributed by atoms with Gasteiger partial charge in [-0.25, -0.2) is 0 Å². The molecule has 2 aromatic heterocycles. The van der Waals surface area contributed by atoms with Gasteiger partial charge in [0, 0.05) is 36.0 Å². The number of thiophene rings is 1. The van der Waals surface area contributed by atoms with Gasteiger partial charge in [0.1, 0.15) is 4.83 Å². The summed E-state index contributed by atoms with van der Waals surface area (Å²) in [5.41, 5.74) is 1.91. The third-order valence-electron chi connectivity index (χ3n) is 6.08. The van der Waals surface area contributed by atoms with Crippen LogP contribution in [0.4, 0.5) is 0 Å². The highest BCUT2D eigenvalue weighted by molar-refractivity contribution is 7.20. The number of amides is 2. The van der Waals surface area contributed by atoms with Gasteiger partial charge in [0.05, 0.1) is 17.1 Å². The maximum absolute atomic E-state index is 13.2. The Balaban J connectivity index is 1.44. The fourth-order valence-corrected chi connectivity index (χ4v) is 5.47. The van der Waals surface area contributed by atoms with Crippen LogP contribution in [-0.2, 0) is 11.3 Å². The Hall–Kier alpha value is -2.38. The first-order valence-electron chi connectivity index (χ1n) is 11.2. The molecule has 1 N–H and O–H groups in total. The van der Waals surface area contributed by atoms with Gasteiger partial charge in [-0.05, 0) is 43.9 Å². The van der Waals surface area contributed by atoms with Gasteiger partial charge < -0.3 is 10.2 Å². The molecule has 0 bridgehead atoms. The lowest BCUT2D eigenvalue weighted by atomic mass is 9.95. The lowest BCUT2D eigenvalue weighted by Gasteiger charge is -2.31. The van der Waals surface area contributed by atoms with Crippen molar-refractivity contribution in [3.63, 3.8) is 0 Å². The van der Waals surface area contributed by atoms with Crippen molar-refractivity contribution in [1.29, 1.82) is 0 Å². The van der Waals surface area contributed by atoms with Crippen LogP contribution in [0.3, 0.4) is 0 Å². The normalized spacial score (nSPS) is 14.8. The highest BCUT2D eigenvalue weighted by Crippen LogP contribution is 2.31. The van der Waals surface area contributed by atoms with Gasteiger partial charge in [0.15, 0.2) is 0 Å². The Morgan fingerprint density at radius 2 is 2.00 bits per heavy atom. The van der Waals surface area contributed by atoms with Crippen molar-refractivity contribution < 1.29 is 9.59 Å². The number of nitrogens with one attached hydrogen (secondary N) is 1. The van der Waals surface area contributed by atoms with Crippen LogP contribution in [-0.4, -0.2) is 46.1 Å². The molecule has 1 saturated heterocycles. The van der Waals surface area contributed by atoms with Gasteiger partial charge in [0.25, 0.3) is 5.91 Å². The van der Waals surface area contributed by atoms with Crippen LogP contribution in [0.1, 0.15) is 53.5 Å². The van der Waals surface area contributed by atoms with E-state index in [4.69, 9.17) is 11.6 Å². The minimum atomic E-state index is 0.00439. The summed E-state index contributed by atoms with van der Waals surface area (Å²) in [4.78, 5) is 29.1. The number of aryl methyl sites for hydroxylation is 1. The molecular formula is C24H29ClN4O2S. The predicted octanol–water partition coefficient (Wildman–Crippen LogP) is 4.88. The van der Waals surface area contributed by atoms with Crippen LogP contribution >= 0.6 is 22.9 Å². The summed E-state index contributed by atoms with van der Waals surface area (Å²) in [6, 6.07) is 9.70. The van der Waals surface area contributed by atoms with Gasteiger partial charge in [-0.1, -0.05) is 43.1 Å². The number of carbonyl (C=O) groups excluding carboxylic acids is 2. The molecule has 1 fully saturated rings. The van der Waals surface area contributed by atoms with Crippen molar-refractivity contribution in [2.75, 3.05) is 19.6 Å². The van der Waals surface area contributed by atoms with Gasteiger partial charge >= 0.3 is 0 Å². The van der Waals surface area contributed by atoms with E-state index in [1.165, 1.54) is 11.3 Å². The second-order valence-corrected chi connectivity index (χ2v) is 9.81. The average molecular weight is 473 g/mol. The smallest absolute Gasteiger partial charge is 0.264 e. The Morgan fingerprint density at radius 1 is 1.25 bits per heavy atom. The third kappa shape index (κ3) is 4.84. The van der Waals surface area contributed by atoms with E-state index < -0.39 is 0 Å². The Kier molecular flexibility index (Phi) is 7.16. The summed E-state index contributed by atoms with van der Waals surface area (Å²) in [5.74, 6) is 0.173. The van der Waals surface area contributed by atoms with Crippen LogP contribution in [0.25, 0.3) is 10.2 Å². The summed E-state index contributed by atoms with van der Waals surface area (Å²) >= 11 is 7.81. The van der Waals surface area contributed by atoms with Crippen molar-refractivity contribution in [3.8, 4) is 0 Å². The van der Waals surface area contributed by atoms with Crippen LogP contribution in [0.2, 0.25) is 5.02 Å². The van der Waals surface area contributed by atoms with E-state index in [1.54, 1.807) is 0 Å². The fraction of sp³-hybridized carbons (Fsp3) is 0.458. The molecule has 0 aliphatic carbocycles. The first-order valence-corrected chi connectivity index (χ1v) is 12.4. The molecule has 1 aliphatic heterocycles. The lowest BCUT2D eigenvalue weighted by Crippen LogP contribution is -2.43. The molecule has 3 heterocycles. The Labute approximate surface area is 197 Å².